The molecule has 0 aromatic carbocycles. The Morgan fingerprint density at radius 2 is 1.45 bits per heavy atom. The monoisotopic (exact) mass is 620 g/mol. The molecule has 8 heteroatoms. The van der Waals surface area contributed by atoms with Gasteiger partial charge in [0.25, 0.3) is 0 Å². The summed E-state index contributed by atoms with van der Waals surface area (Å²) in [6.45, 7) is 32.8. The number of carbonyl (C=O) groups excluding carboxylic acids is 1. The van der Waals surface area contributed by atoms with Gasteiger partial charge in [-0.15, -0.1) is 0 Å². The van der Waals surface area contributed by atoms with Crippen LogP contribution in [0.5, 0.6) is 0 Å². The Labute approximate surface area is 258 Å². The maximum Gasteiger partial charge on any atom is 0.371 e. The summed E-state index contributed by atoms with van der Waals surface area (Å²) >= 11 is 0. The first-order valence-corrected chi connectivity index (χ1v) is 21.9. The van der Waals surface area contributed by atoms with E-state index in [1.165, 1.54) is 5.57 Å². The first-order valence-electron chi connectivity index (χ1n) is 16.0. The Morgan fingerprint density at radius 3 is 1.95 bits per heavy atom. The Kier molecular flexibility index (Phi) is 9.74. The molecule has 0 radical (unpaired) electrons. The number of carboxylic acids is 1. The Morgan fingerprint density at radius 1 is 0.929 bits per heavy atom. The van der Waals surface area contributed by atoms with Crippen LogP contribution in [0.4, 0.5) is 0 Å². The van der Waals surface area contributed by atoms with E-state index in [-0.39, 0.29) is 57.4 Å². The molecule has 0 unspecified atom stereocenters. The van der Waals surface area contributed by atoms with Crippen LogP contribution in [0.3, 0.4) is 0 Å². The highest BCUT2D eigenvalue weighted by Gasteiger charge is 2.58. The first kappa shape index (κ1) is 35.3. The molecule has 0 aromatic rings. The zero-order chi connectivity index (χ0) is 32.3. The van der Waals surface area contributed by atoms with Crippen LogP contribution in [0.2, 0.25) is 36.3 Å². The average molecular weight is 621 g/mol. The molecule has 0 aromatic heterocycles. The molecule has 6 atom stereocenters. The summed E-state index contributed by atoms with van der Waals surface area (Å²) in [5, 5.41) is 20.4. The number of hydrogen-bond donors (Lipinski definition) is 2. The molecule has 3 aliphatic carbocycles. The number of rotatable bonds is 8. The van der Waals surface area contributed by atoms with Crippen LogP contribution in [0.1, 0.15) is 93.9 Å². The highest BCUT2D eigenvalue weighted by molar-refractivity contribution is 6.74. The van der Waals surface area contributed by atoms with Gasteiger partial charge in [-0.3, -0.25) is 4.79 Å². The summed E-state index contributed by atoms with van der Waals surface area (Å²) in [5.41, 5.74) is 1.05. The van der Waals surface area contributed by atoms with Crippen molar-refractivity contribution >= 4 is 28.4 Å². The predicted octanol–water partition coefficient (Wildman–Crippen LogP) is 8.91. The molecular weight excluding hydrogens is 561 g/mol. The van der Waals surface area contributed by atoms with Gasteiger partial charge in [-0.25, -0.2) is 4.79 Å². The van der Waals surface area contributed by atoms with Crippen molar-refractivity contribution in [3.8, 4) is 0 Å². The van der Waals surface area contributed by atoms with Crippen molar-refractivity contribution in [1.82, 2.24) is 0 Å². The number of aliphatic carboxylic acids is 1. The molecular formula is C34H60O6Si2. The summed E-state index contributed by atoms with van der Waals surface area (Å²) in [4.78, 5) is 25.3. The van der Waals surface area contributed by atoms with E-state index in [1.807, 2.05) is 0 Å². The van der Waals surface area contributed by atoms with Gasteiger partial charge in [-0.1, -0.05) is 67.5 Å². The highest BCUT2D eigenvalue weighted by atomic mass is 28.4. The fourth-order valence-electron chi connectivity index (χ4n) is 7.52. The van der Waals surface area contributed by atoms with E-state index >= 15 is 0 Å². The Bertz CT molecular complexity index is 1110. The third-order valence-electron chi connectivity index (χ3n) is 12.9. The lowest BCUT2D eigenvalue weighted by molar-refractivity contribution is -0.137. The molecule has 42 heavy (non-hydrogen) atoms. The molecule has 3 fully saturated rings. The van der Waals surface area contributed by atoms with Gasteiger partial charge < -0.3 is 19.1 Å². The smallest absolute Gasteiger partial charge is 0.371 e. The molecule has 0 spiro atoms. The Balaban J connectivity index is 2.10. The lowest BCUT2D eigenvalue weighted by Crippen LogP contribution is -2.54. The van der Waals surface area contributed by atoms with Crippen molar-refractivity contribution in [2.24, 2.45) is 34.5 Å². The number of carbonyl (C=O) groups is 2. The van der Waals surface area contributed by atoms with Gasteiger partial charge in [0.1, 0.15) is 0 Å². The van der Waals surface area contributed by atoms with E-state index in [2.05, 4.69) is 88.2 Å². The van der Waals surface area contributed by atoms with Crippen LogP contribution in [-0.4, -0.2) is 51.8 Å². The van der Waals surface area contributed by atoms with E-state index in [9.17, 15) is 19.8 Å². The molecule has 3 rings (SSSR count). The number of fused-ring (bicyclic) bond motifs is 1. The fraction of sp³-hybridized carbons (Fsp3) is 0.824. The molecule has 3 saturated carbocycles. The first-order chi connectivity index (χ1) is 18.9. The molecule has 0 bridgehead atoms. The van der Waals surface area contributed by atoms with Gasteiger partial charge in [0.15, 0.2) is 22.4 Å². The normalized spacial score (nSPS) is 34.4. The van der Waals surface area contributed by atoms with Crippen LogP contribution in [-0.2, 0) is 18.4 Å². The molecule has 0 heterocycles. The molecule has 6 nitrogen and oxygen atoms in total. The number of aliphatic hydroxyl groups is 1. The van der Waals surface area contributed by atoms with E-state index in [0.717, 1.165) is 25.7 Å². The molecule has 3 aliphatic rings. The van der Waals surface area contributed by atoms with Gasteiger partial charge in [0.05, 0.1) is 0 Å². The Hall–Kier alpha value is -1.23. The van der Waals surface area contributed by atoms with Gasteiger partial charge in [0, 0.05) is 25.2 Å². The summed E-state index contributed by atoms with van der Waals surface area (Å²) in [6.07, 6.45) is 4.55. The number of aliphatic hydroxyl groups excluding tert-OH is 1. The standard InChI is InChI=1S/C34H60O6Si2/c1-22-14-15-26-25(21-40-42(12,13)32(5,6)7)27(16-17-33(22,26)8)34(9)19-24(29(36)30(37)38)28(35)18-23(34)20-39-41(10,11)31(2,3)4/h23,25-27,36H,1,14-21H2,2-13H3,(H,37,38)/b29-24+/t23-,25+,26+,27+,33-,34+/m1/s1. The zero-order valence-corrected chi connectivity index (χ0v) is 30.7. The second kappa shape index (κ2) is 11.6. The molecule has 0 amide bonds. The fourth-order valence-corrected chi connectivity index (χ4v) is 9.62. The summed E-state index contributed by atoms with van der Waals surface area (Å²) in [5.74, 6) is -1.69. The van der Waals surface area contributed by atoms with E-state index in [1.54, 1.807) is 0 Å². The number of carboxylic acid groups (broad SMARTS) is 1. The third kappa shape index (κ3) is 6.43. The van der Waals surface area contributed by atoms with Gasteiger partial charge in [0.2, 0.25) is 5.76 Å². The van der Waals surface area contributed by atoms with Crippen molar-refractivity contribution in [2.75, 3.05) is 13.2 Å². The SMILES string of the molecule is C=C1CC[C@H]2[C@H](CO[Si](C)(C)C(C)(C)C)[C@@H]([C@@]3(C)C/C(=C(\O)C(=O)O)C(=O)C[C@@H]3CO[Si](C)(C)C(C)(C)C)CC[C@]12C. The second-order valence-corrected chi connectivity index (χ2v) is 26.9. The molecule has 0 aliphatic heterocycles. The summed E-state index contributed by atoms with van der Waals surface area (Å²) < 4.78 is 13.8. The van der Waals surface area contributed by atoms with Gasteiger partial charge in [-0.05, 0) is 103 Å². The van der Waals surface area contributed by atoms with Crippen molar-refractivity contribution in [3.05, 3.63) is 23.5 Å². The van der Waals surface area contributed by atoms with Gasteiger partial charge in [-0.2, -0.15) is 0 Å². The minimum Gasteiger partial charge on any atom is -0.502 e. The third-order valence-corrected chi connectivity index (χ3v) is 21.9. The van der Waals surface area contributed by atoms with Crippen LogP contribution < -0.4 is 0 Å². The topological polar surface area (TPSA) is 93.1 Å². The lowest BCUT2D eigenvalue weighted by Gasteiger charge is -2.57. The zero-order valence-electron chi connectivity index (χ0n) is 28.7. The molecule has 240 valence electrons. The van der Waals surface area contributed by atoms with Crippen molar-refractivity contribution in [3.63, 3.8) is 0 Å². The van der Waals surface area contributed by atoms with Crippen molar-refractivity contribution < 1.29 is 28.7 Å². The second-order valence-electron chi connectivity index (χ2n) is 17.3. The minimum atomic E-state index is -2.10. The largest absolute Gasteiger partial charge is 0.502 e. The van der Waals surface area contributed by atoms with Crippen LogP contribution >= 0.6 is 0 Å². The number of allylic oxidation sites excluding steroid dienone is 2. The molecule has 0 saturated heterocycles. The number of Topliss-reactive ketones (excluding diaryl/α,β-unsaturated/α-hetero) is 1. The van der Waals surface area contributed by atoms with Crippen molar-refractivity contribution in [2.45, 2.75) is 130 Å². The minimum absolute atomic E-state index is 0.0329. The quantitative estimate of drug-likeness (QED) is 0.122. The number of hydrogen-bond acceptors (Lipinski definition) is 5. The maximum atomic E-state index is 13.4. The van der Waals surface area contributed by atoms with E-state index in [4.69, 9.17) is 8.85 Å². The summed E-state index contributed by atoms with van der Waals surface area (Å²) in [6, 6.07) is 0. The van der Waals surface area contributed by atoms with Crippen molar-refractivity contribution in [1.29, 1.82) is 0 Å². The maximum absolute atomic E-state index is 13.4. The van der Waals surface area contributed by atoms with Crippen LogP contribution in [0, 0.1) is 34.5 Å². The van der Waals surface area contributed by atoms with Crippen LogP contribution in [0.15, 0.2) is 23.5 Å². The van der Waals surface area contributed by atoms with Gasteiger partial charge >= 0.3 is 5.97 Å². The number of ketones is 1. The lowest BCUT2D eigenvalue weighted by atomic mass is 9.49. The molecule has 2 N–H and O–H groups in total. The van der Waals surface area contributed by atoms with Crippen LogP contribution in [0.25, 0.3) is 0 Å². The average Bonchev–Trinajstić information content (AvgIpc) is 3.15. The predicted molar refractivity (Wildman–Crippen MR) is 176 cm³/mol. The van der Waals surface area contributed by atoms with E-state index in [0.29, 0.717) is 19.1 Å². The summed E-state index contributed by atoms with van der Waals surface area (Å²) in [7, 11) is -4.13. The van der Waals surface area contributed by atoms with E-state index < -0.39 is 33.8 Å². The highest BCUT2D eigenvalue weighted by Crippen LogP contribution is 2.64.